The van der Waals surface area contributed by atoms with Gasteiger partial charge in [-0.3, -0.25) is 0 Å². The summed E-state index contributed by atoms with van der Waals surface area (Å²) in [4.78, 5) is 0. The van der Waals surface area contributed by atoms with Crippen LogP contribution in [0.1, 0.15) is 79.1 Å². The van der Waals surface area contributed by atoms with Crippen LogP contribution >= 0.6 is 0 Å². The van der Waals surface area contributed by atoms with E-state index >= 15 is 0 Å². The zero-order valence-corrected chi connectivity index (χ0v) is 19.0. The first-order valence-corrected chi connectivity index (χ1v) is 11.8. The second-order valence-corrected chi connectivity index (χ2v) is 10.4. The molecule has 6 atom stereocenters. The Labute approximate surface area is 177 Å². The van der Waals surface area contributed by atoms with E-state index in [4.69, 9.17) is 4.74 Å². The third-order valence-electron chi connectivity index (χ3n) is 7.98. The molecule has 0 saturated heterocycles. The van der Waals surface area contributed by atoms with Crippen molar-refractivity contribution >= 4 is 0 Å². The highest BCUT2D eigenvalue weighted by Crippen LogP contribution is 2.58. The monoisotopic (exact) mass is 402 g/mol. The summed E-state index contributed by atoms with van der Waals surface area (Å²) < 4.78 is 6.28. The molecule has 3 aliphatic rings. The number of aliphatic hydroxyl groups is 2. The molecule has 3 heteroatoms. The van der Waals surface area contributed by atoms with Crippen LogP contribution in [0.5, 0.6) is 0 Å². The van der Waals surface area contributed by atoms with Gasteiger partial charge < -0.3 is 14.9 Å². The van der Waals surface area contributed by atoms with Crippen molar-refractivity contribution in [3.05, 3.63) is 35.5 Å². The number of hydrogen-bond acceptors (Lipinski definition) is 3. The molecule has 3 rings (SSSR count). The van der Waals surface area contributed by atoms with E-state index in [-0.39, 0.29) is 0 Å². The molecule has 0 spiro atoms. The van der Waals surface area contributed by atoms with Crippen LogP contribution in [0.4, 0.5) is 0 Å². The first-order chi connectivity index (χ1) is 13.7. The first-order valence-electron chi connectivity index (χ1n) is 11.8. The van der Waals surface area contributed by atoms with Gasteiger partial charge in [0.25, 0.3) is 0 Å². The maximum Gasteiger partial charge on any atom is 0.0809 e. The molecule has 0 radical (unpaired) electrons. The van der Waals surface area contributed by atoms with E-state index in [9.17, 15) is 10.2 Å². The summed E-state index contributed by atoms with van der Waals surface area (Å²) >= 11 is 0. The highest BCUT2D eigenvalue weighted by molar-refractivity contribution is 5.29. The van der Waals surface area contributed by atoms with Gasteiger partial charge in [-0.2, -0.15) is 0 Å². The van der Waals surface area contributed by atoms with Crippen LogP contribution in [0.15, 0.2) is 35.5 Å². The molecule has 0 aromatic heterocycles. The molecule has 0 amide bonds. The highest BCUT2D eigenvalue weighted by Gasteiger charge is 2.51. The van der Waals surface area contributed by atoms with Gasteiger partial charge in [-0.05, 0) is 87.0 Å². The van der Waals surface area contributed by atoms with Gasteiger partial charge in [0.1, 0.15) is 0 Å². The van der Waals surface area contributed by atoms with E-state index in [1.54, 1.807) is 5.57 Å². The van der Waals surface area contributed by atoms with Crippen LogP contribution in [0.25, 0.3) is 0 Å². The molecule has 0 aromatic rings. The van der Waals surface area contributed by atoms with Crippen molar-refractivity contribution in [2.45, 2.75) is 97.4 Å². The minimum absolute atomic E-state index is 0.330. The first kappa shape index (κ1) is 22.8. The second-order valence-electron chi connectivity index (χ2n) is 10.4. The van der Waals surface area contributed by atoms with Gasteiger partial charge in [0, 0.05) is 6.61 Å². The molecule has 164 valence electrons. The fourth-order valence-corrected chi connectivity index (χ4v) is 6.08. The van der Waals surface area contributed by atoms with E-state index in [0.29, 0.717) is 47.7 Å². The normalized spacial score (nSPS) is 37.8. The Morgan fingerprint density at radius 2 is 1.83 bits per heavy atom. The minimum atomic E-state index is -0.611. The van der Waals surface area contributed by atoms with Gasteiger partial charge in [-0.1, -0.05) is 50.6 Å². The zero-order valence-electron chi connectivity index (χ0n) is 19.0. The number of ether oxygens (including phenoxy) is 1. The second kappa shape index (κ2) is 9.49. The molecule has 3 aliphatic carbocycles. The van der Waals surface area contributed by atoms with Crippen LogP contribution in [0.2, 0.25) is 0 Å². The molecule has 3 unspecified atom stereocenters. The van der Waals surface area contributed by atoms with Crippen LogP contribution in [-0.2, 0) is 4.74 Å². The van der Waals surface area contributed by atoms with Gasteiger partial charge in [0.15, 0.2) is 0 Å². The Bertz CT molecular complexity index is 630. The number of fused-ring (bicyclic) bond motifs is 1. The molecule has 0 heterocycles. The maximum absolute atomic E-state index is 10.1. The van der Waals surface area contributed by atoms with Crippen molar-refractivity contribution in [3.63, 3.8) is 0 Å². The zero-order chi connectivity index (χ0) is 21.2. The standard InChI is InChI=1S/C26H42O3/c1-17(2)12-14-29-19(4)22-10-11-23-21(7-6-13-26(22,23)5)9-8-20-15-24(27)18(3)25(28)16-20/h8-9,17,19,22-25,27-28H,3,6-7,10-16H2,1-2,4-5H3/b21-9+/t19-,22?,23?,24-,25-,26?/m1/s1. The summed E-state index contributed by atoms with van der Waals surface area (Å²) in [5.74, 6) is 1.97. The summed E-state index contributed by atoms with van der Waals surface area (Å²) in [5.41, 5.74) is 3.60. The van der Waals surface area contributed by atoms with Crippen molar-refractivity contribution in [1.82, 2.24) is 0 Å². The third-order valence-corrected chi connectivity index (χ3v) is 7.98. The van der Waals surface area contributed by atoms with Crippen molar-refractivity contribution in [1.29, 1.82) is 0 Å². The van der Waals surface area contributed by atoms with Crippen molar-refractivity contribution < 1.29 is 14.9 Å². The van der Waals surface area contributed by atoms with E-state index in [1.807, 2.05) is 0 Å². The van der Waals surface area contributed by atoms with Gasteiger partial charge in [-0.25, -0.2) is 0 Å². The lowest BCUT2D eigenvalue weighted by Crippen LogP contribution is -2.38. The van der Waals surface area contributed by atoms with Crippen LogP contribution in [0, 0.1) is 23.2 Å². The van der Waals surface area contributed by atoms with E-state index in [2.05, 4.69) is 46.4 Å². The Hall–Kier alpha value is -0.900. The third kappa shape index (κ3) is 5.06. The summed E-state index contributed by atoms with van der Waals surface area (Å²) in [6.07, 6.45) is 12.2. The van der Waals surface area contributed by atoms with E-state index in [0.717, 1.165) is 18.6 Å². The fraction of sp³-hybridized carbons (Fsp3) is 0.769. The number of aliphatic hydroxyl groups excluding tert-OH is 2. The predicted molar refractivity (Wildman–Crippen MR) is 120 cm³/mol. The molecule has 29 heavy (non-hydrogen) atoms. The molecular formula is C26H42O3. The summed E-state index contributed by atoms with van der Waals surface area (Å²) in [5, 5.41) is 20.2. The average Bonchev–Trinajstić information content (AvgIpc) is 3.01. The van der Waals surface area contributed by atoms with Gasteiger partial charge in [0.2, 0.25) is 0 Å². The van der Waals surface area contributed by atoms with Crippen LogP contribution in [0.3, 0.4) is 0 Å². The fourth-order valence-electron chi connectivity index (χ4n) is 6.08. The molecule has 3 nitrogen and oxygen atoms in total. The molecule has 0 aliphatic heterocycles. The Morgan fingerprint density at radius 3 is 2.48 bits per heavy atom. The van der Waals surface area contributed by atoms with Crippen LogP contribution < -0.4 is 0 Å². The van der Waals surface area contributed by atoms with Gasteiger partial charge in [0.05, 0.1) is 18.3 Å². The van der Waals surface area contributed by atoms with E-state index in [1.165, 1.54) is 32.1 Å². The molecular weight excluding hydrogens is 360 g/mol. The topological polar surface area (TPSA) is 49.7 Å². The van der Waals surface area contributed by atoms with Crippen LogP contribution in [-0.4, -0.2) is 35.1 Å². The Balaban J connectivity index is 1.68. The van der Waals surface area contributed by atoms with Gasteiger partial charge >= 0.3 is 0 Å². The molecule has 3 saturated carbocycles. The lowest BCUT2D eigenvalue weighted by atomic mass is 9.62. The molecule has 0 bridgehead atoms. The number of rotatable bonds is 6. The predicted octanol–water partition coefficient (Wildman–Crippen LogP) is 5.58. The average molecular weight is 403 g/mol. The number of allylic oxidation sites excluding steroid dienone is 3. The highest BCUT2D eigenvalue weighted by atomic mass is 16.5. The Kier molecular flexibility index (Phi) is 7.46. The molecule has 0 aromatic carbocycles. The molecule has 3 fully saturated rings. The van der Waals surface area contributed by atoms with Crippen molar-refractivity contribution in [2.75, 3.05) is 6.61 Å². The van der Waals surface area contributed by atoms with E-state index < -0.39 is 12.2 Å². The smallest absolute Gasteiger partial charge is 0.0809 e. The summed E-state index contributed by atoms with van der Waals surface area (Å²) in [6.45, 7) is 14.0. The summed E-state index contributed by atoms with van der Waals surface area (Å²) in [7, 11) is 0. The largest absolute Gasteiger partial charge is 0.388 e. The summed E-state index contributed by atoms with van der Waals surface area (Å²) in [6, 6.07) is 0. The molecule has 2 N–H and O–H groups in total. The lowest BCUT2D eigenvalue weighted by molar-refractivity contribution is -0.0279. The SMILES string of the molecule is C=C1[C@H](O)CC(=C/C=C2\CCCC3(C)C2CCC3[C@@H](C)OCCC(C)C)C[C@H]1O. The van der Waals surface area contributed by atoms with Gasteiger partial charge in [-0.15, -0.1) is 0 Å². The quantitative estimate of drug-likeness (QED) is 0.570. The van der Waals surface area contributed by atoms with Crippen molar-refractivity contribution in [2.24, 2.45) is 23.2 Å². The lowest BCUT2D eigenvalue weighted by Gasteiger charge is -2.44. The maximum atomic E-state index is 10.1. The minimum Gasteiger partial charge on any atom is -0.388 e. The Morgan fingerprint density at radius 1 is 1.14 bits per heavy atom. The van der Waals surface area contributed by atoms with Crippen molar-refractivity contribution in [3.8, 4) is 0 Å². The number of hydrogen-bond donors (Lipinski definition) is 2.